The summed E-state index contributed by atoms with van der Waals surface area (Å²) in [5.74, 6) is 0. The van der Waals surface area contributed by atoms with Gasteiger partial charge in [-0.2, -0.15) is 0 Å². The summed E-state index contributed by atoms with van der Waals surface area (Å²) in [7, 11) is 0. The molecule has 0 spiro atoms. The minimum Gasteiger partial charge on any atom is -0.292 e. The Kier molecular flexibility index (Phi) is 8.42. The van der Waals surface area contributed by atoms with Crippen molar-refractivity contribution in [1.29, 1.82) is 0 Å². The van der Waals surface area contributed by atoms with E-state index in [1.54, 1.807) is 6.20 Å². The molecule has 288 valence electrons. The number of fused-ring (bicyclic) bond motifs is 13. The van der Waals surface area contributed by atoms with Gasteiger partial charge in [-0.25, -0.2) is 4.98 Å². The molecular formula is C53H34N4P2S2. The van der Waals surface area contributed by atoms with Crippen LogP contribution in [0.3, 0.4) is 0 Å². The highest BCUT2D eigenvalue weighted by Gasteiger charge is 2.30. The average Bonchev–Trinajstić information content (AvgIpc) is 3.73. The molecular weight excluding hydrogens is 819 g/mol. The molecule has 12 rings (SSSR count). The fourth-order valence-electron chi connectivity index (χ4n) is 9.44. The lowest BCUT2D eigenvalue weighted by molar-refractivity contribution is 1.32. The van der Waals surface area contributed by atoms with Gasteiger partial charge in [-0.3, -0.25) is 14.4 Å². The first-order valence-electron chi connectivity index (χ1n) is 20.2. The number of hydrogen-bond donors (Lipinski definition) is 0. The van der Waals surface area contributed by atoms with E-state index in [4.69, 9.17) is 28.6 Å². The molecule has 2 unspecified atom stereocenters. The summed E-state index contributed by atoms with van der Waals surface area (Å²) in [4.78, 5) is 14.4. The van der Waals surface area contributed by atoms with Gasteiger partial charge in [0.25, 0.3) is 0 Å². The SMILES string of the molecule is S=P(c1ccncc1)(c1cccnc1)c1ccc2c(c1)nc1c3c4ccccc4ccc3c3ccc(P(=S)(c4ccccc4)c4cc5ccccc5c5ccccc45)cc3n21. The number of hydrogen-bond acceptors (Lipinski definition) is 5. The van der Waals surface area contributed by atoms with E-state index in [0.717, 1.165) is 64.9 Å². The summed E-state index contributed by atoms with van der Waals surface area (Å²) < 4.78 is 2.37. The van der Waals surface area contributed by atoms with Gasteiger partial charge in [-0.1, -0.05) is 163 Å². The van der Waals surface area contributed by atoms with Crippen LogP contribution in [0, 0.1) is 0 Å². The molecule has 12 aromatic rings. The number of imidazole rings is 1. The lowest BCUT2D eigenvalue weighted by Gasteiger charge is -2.27. The van der Waals surface area contributed by atoms with Gasteiger partial charge in [0.15, 0.2) is 0 Å². The van der Waals surface area contributed by atoms with Crippen molar-refractivity contribution in [1.82, 2.24) is 19.4 Å². The van der Waals surface area contributed by atoms with Crippen LogP contribution >= 0.6 is 12.1 Å². The molecule has 0 saturated heterocycles. The second-order valence-electron chi connectivity index (χ2n) is 15.5. The summed E-state index contributed by atoms with van der Waals surface area (Å²) in [6, 6.07) is 60.3. The third-order valence-corrected chi connectivity index (χ3v) is 22.1. The largest absolute Gasteiger partial charge is 0.292 e. The van der Waals surface area contributed by atoms with E-state index >= 15 is 0 Å². The summed E-state index contributed by atoms with van der Waals surface area (Å²) in [5.41, 5.74) is 3.88. The zero-order valence-electron chi connectivity index (χ0n) is 32.6. The summed E-state index contributed by atoms with van der Waals surface area (Å²) in [6.07, 6.45) is 7.37. The predicted molar refractivity (Wildman–Crippen MR) is 268 cm³/mol. The van der Waals surface area contributed by atoms with Crippen LogP contribution in [-0.2, 0) is 23.6 Å². The van der Waals surface area contributed by atoms with Gasteiger partial charge in [0, 0.05) is 58.2 Å². The molecule has 4 nitrogen and oxygen atoms in total. The third kappa shape index (κ3) is 5.47. The average molecular weight is 853 g/mol. The fourth-order valence-corrected chi connectivity index (χ4v) is 17.1. The molecule has 0 saturated carbocycles. The topological polar surface area (TPSA) is 43.1 Å². The number of pyridine rings is 3. The van der Waals surface area contributed by atoms with E-state index in [2.05, 4.69) is 178 Å². The zero-order chi connectivity index (χ0) is 40.7. The maximum absolute atomic E-state index is 7.23. The quantitative estimate of drug-likeness (QED) is 0.123. The molecule has 4 heterocycles. The molecule has 0 radical (unpaired) electrons. The monoisotopic (exact) mass is 852 g/mol. The van der Waals surface area contributed by atoms with E-state index in [1.165, 1.54) is 37.6 Å². The van der Waals surface area contributed by atoms with Gasteiger partial charge in [-0.05, 0) is 101 Å². The van der Waals surface area contributed by atoms with Crippen LogP contribution in [0.15, 0.2) is 207 Å². The van der Waals surface area contributed by atoms with Crippen LogP contribution in [0.2, 0.25) is 0 Å². The molecule has 0 fully saturated rings. The van der Waals surface area contributed by atoms with Gasteiger partial charge >= 0.3 is 0 Å². The standard InChI is InChI=1S/C53H34N4P2S2/c60-58(38-26-29-54-30-27-38,41-15-10-28-55-34-41)39-22-25-49-48(32-39)56-53-52-43-17-7-4-11-35(43)20-23-47(52)45-24-21-40(33-50(45)57(49)53)59(61,37-13-2-1-3-14-37)51-31-36-12-5-6-16-42(36)44-18-8-9-19-46(44)51/h1-34H. The van der Waals surface area contributed by atoms with Gasteiger partial charge in [0.05, 0.1) is 16.6 Å². The Labute approximate surface area is 362 Å². The predicted octanol–water partition coefficient (Wildman–Crippen LogP) is 10.6. The van der Waals surface area contributed by atoms with E-state index in [9.17, 15) is 0 Å². The normalized spacial score (nSPS) is 14.0. The molecule has 8 heteroatoms. The Balaban J connectivity index is 1.20. The molecule has 0 aliphatic rings. The van der Waals surface area contributed by atoms with E-state index in [1.807, 2.05) is 36.8 Å². The van der Waals surface area contributed by atoms with Crippen molar-refractivity contribution in [2.45, 2.75) is 0 Å². The Morgan fingerprint density at radius 2 is 1.05 bits per heavy atom. The third-order valence-electron chi connectivity index (χ3n) is 12.3. The molecule has 0 bridgehead atoms. The highest BCUT2D eigenvalue weighted by Crippen LogP contribution is 2.48. The summed E-state index contributed by atoms with van der Waals surface area (Å²) in [5, 5.41) is 17.2. The van der Waals surface area contributed by atoms with Gasteiger partial charge in [-0.15, -0.1) is 0 Å². The Morgan fingerprint density at radius 1 is 0.393 bits per heavy atom. The molecule has 61 heavy (non-hydrogen) atoms. The minimum atomic E-state index is -2.67. The maximum atomic E-state index is 7.23. The fraction of sp³-hybridized carbons (Fsp3) is 0. The van der Waals surface area contributed by atoms with E-state index in [0.29, 0.717) is 0 Å². The molecule has 2 atom stereocenters. The Bertz CT molecular complexity index is 3790. The number of aromatic nitrogens is 4. The highest BCUT2D eigenvalue weighted by molar-refractivity contribution is 8.26. The maximum Gasteiger partial charge on any atom is 0.147 e. The van der Waals surface area contributed by atoms with Crippen LogP contribution in [-0.4, -0.2) is 19.4 Å². The molecule has 0 aliphatic heterocycles. The van der Waals surface area contributed by atoms with Crippen molar-refractivity contribution < 1.29 is 0 Å². The smallest absolute Gasteiger partial charge is 0.147 e. The lowest BCUT2D eigenvalue weighted by atomic mass is 9.99. The first-order chi connectivity index (χ1) is 30.0. The molecule has 0 amide bonds. The van der Waals surface area contributed by atoms with Gasteiger partial charge < -0.3 is 0 Å². The number of benzene rings is 8. The van der Waals surface area contributed by atoms with Crippen molar-refractivity contribution in [3.63, 3.8) is 0 Å². The van der Waals surface area contributed by atoms with Crippen molar-refractivity contribution in [3.05, 3.63) is 207 Å². The molecule has 8 aromatic carbocycles. The first kappa shape index (κ1) is 36.5. The van der Waals surface area contributed by atoms with E-state index in [-0.39, 0.29) is 0 Å². The number of rotatable bonds is 6. The van der Waals surface area contributed by atoms with Crippen molar-refractivity contribution in [2.24, 2.45) is 0 Å². The number of nitrogens with zero attached hydrogens (tertiary/aromatic N) is 4. The van der Waals surface area contributed by atoms with Crippen molar-refractivity contribution in [3.8, 4) is 0 Å². The van der Waals surface area contributed by atoms with Gasteiger partial charge in [0.1, 0.15) is 5.65 Å². The second-order valence-corrected chi connectivity index (χ2v) is 24.3. The van der Waals surface area contributed by atoms with Crippen molar-refractivity contribution in [2.75, 3.05) is 0 Å². The first-order valence-corrected chi connectivity index (χ1v) is 25.8. The van der Waals surface area contributed by atoms with Crippen LogP contribution in [0.4, 0.5) is 0 Å². The van der Waals surface area contributed by atoms with Crippen LogP contribution in [0.5, 0.6) is 0 Å². The highest BCUT2D eigenvalue weighted by atomic mass is 32.4. The molecule has 4 aromatic heterocycles. The lowest BCUT2D eigenvalue weighted by Crippen LogP contribution is -2.25. The summed E-state index contributed by atoms with van der Waals surface area (Å²) >= 11 is 14.0. The van der Waals surface area contributed by atoms with Crippen molar-refractivity contribution >= 4 is 138 Å². The second kappa shape index (κ2) is 14.1. The van der Waals surface area contributed by atoms with Crippen LogP contribution in [0.1, 0.15) is 0 Å². The zero-order valence-corrected chi connectivity index (χ0v) is 36.1. The van der Waals surface area contributed by atoms with Crippen LogP contribution < -0.4 is 31.8 Å². The minimum absolute atomic E-state index is 0.889. The Morgan fingerprint density at radius 3 is 1.85 bits per heavy atom. The molecule has 0 N–H and O–H groups in total. The summed E-state index contributed by atoms with van der Waals surface area (Å²) in [6.45, 7) is 0. The van der Waals surface area contributed by atoms with Crippen LogP contribution in [0.25, 0.3) is 70.7 Å². The molecule has 0 aliphatic carbocycles. The van der Waals surface area contributed by atoms with Gasteiger partial charge in [0.2, 0.25) is 0 Å². The van der Waals surface area contributed by atoms with E-state index < -0.39 is 12.1 Å². The Hall–Kier alpha value is -6.39.